The Kier molecular flexibility index (Phi) is 3.02. The molecule has 0 aliphatic heterocycles. The van der Waals surface area contributed by atoms with Crippen molar-refractivity contribution >= 4 is 0 Å². The molecule has 1 aromatic carbocycles. The van der Waals surface area contributed by atoms with Crippen molar-refractivity contribution in [3.8, 4) is 11.1 Å². The van der Waals surface area contributed by atoms with Crippen LogP contribution in [0.5, 0.6) is 0 Å². The van der Waals surface area contributed by atoms with Crippen LogP contribution in [0.3, 0.4) is 0 Å². The summed E-state index contributed by atoms with van der Waals surface area (Å²) in [6.45, 7) is 4.07. The molecule has 2 N–H and O–H groups in total. The van der Waals surface area contributed by atoms with E-state index in [0.717, 1.165) is 5.56 Å². The van der Waals surface area contributed by atoms with Gasteiger partial charge in [-0.15, -0.1) is 0 Å². The number of pyridine rings is 1. The molecule has 1 atom stereocenters. The van der Waals surface area contributed by atoms with E-state index >= 15 is 0 Å². The van der Waals surface area contributed by atoms with Crippen LogP contribution < -0.4 is 5.73 Å². The molecule has 0 amide bonds. The number of benzene rings is 1. The van der Waals surface area contributed by atoms with Crippen molar-refractivity contribution in [1.29, 1.82) is 0 Å². The first kappa shape index (κ1) is 10.8. The molecule has 0 aliphatic rings. The molecule has 0 saturated carbocycles. The Morgan fingerprint density at radius 3 is 2.75 bits per heavy atom. The van der Waals surface area contributed by atoms with Crippen molar-refractivity contribution in [3.63, 3.8) is 0 Å². The molecule has 2 nitrogen and oxygen atoms in total. The maximum Gasteiger partial charge on any atom is 0.0303 e. The molecule has 1 unspecified atom stereocenters. The lowest BCUT2D eigenvalue weighted by molar-refractivity contribution is 0.818. The van der Waals surface area contributed by atoms with E-state index in [4.69, 9.17) is 5.73 Å². The van der Waals surface area contributed by atoms with Crippen LogP contribution in [0.15, 0.2) is 42.7 Å². The molecule has 2 rings (SSSR count). The summed E-state index contributed by atoms with van der Waals surface area (Å²) in [5.74, 6) is 0. The summed E-state index contributed by atoms with van der Waals surface area (Å²) in [5.41, 5.74) is 10.7. The van der Waals surface area contributed by atoms with E-state index in [1.165, 1.54) is 16.7 Å². The number of nitrogens with two attached hydrogens (primary N) is 1. The summed E-state index contributed by atoms with van der Waals surface area (Å²) in [5, 5.41) is 0. The highest BCUT2D eigenvalue weighted by Crippen LogP contribution is 2.24. The smallest absolute Gasteiger partial charge is 0.0303 e. The van der Waals surface area contributed by atoms with Gasteiger partial charge in [-0.1, -0.05) is 18.2 Å². The van der Waals surface area contributed by atoms with Gasteiger partial charge in [0, 0.05) is 18.4 Å². The summed E-state index contributed by atoms with van der Waals surface area (Å²) >= 11 is 0. The highest BCUT2D eigenvalue weighted by molar-refractivity contribution is 5.67. The van der Waals surface area contributed by atoms with Gasteiger partial charge in [-0.2, -0.15) is 0 Å². The average Bonchev–Trinajstić information content (AvgIpc) is 2.30. The average molecular weight is 212 g/mol. The monoisotopic (exact) mass is 212 g/mol. The summed E-state index contributed by atoms with van der Waals surface area (Å²) in [6, 6.07) is 10.5. The molecular formula is C14H16N2. The first-order valence-corrected chi connectivity index (χ1v) is 5.45. The zero-order valence-electron chi connectivity index (χ0n) is 9.64. The van der Waals surface area contributed by atoms with Gasteiger partial charge in [0.05, 0.1) is 0 Å². The second-order valence-electron chi connectivity index (χ2n) is 4.10. The van der Waals surface area contributed by atoms with Gasteiger partial charge < -0.3 is 5.73 Å². The maximum atomic E-state index is 5.89. The highest BCUT2D eigenvalue weighted by Gasteiger charge is 2.04. The lowest BCUT2D eigenvalue weighted by Gasteiger charge is -2.09. The predicted octanol–water partition coefficient (Wildman–Crippen LogP) is 3.08. The van der Waals surface area contributed by atoms with Crippen LogP contribution in [0.25, 0.3) is 11.1 Å². The Morgan fingerprint density at radius 1 is 1.25 bits per heavy atom. The second kappa shape index (κ2) is 4.45. The van der Waals surface area contributed by atoms with Gasteiger partial charge in [-0.05, 0) is 48.2 Å². The Hall–Kier alpha value is -1.67. The Balaban J connectivity index is 2.49. The molecule has 1 aromatic heterocycles. The molecular weight excluding hydrogens is 196 g/mol. The second-order valence-corrected chi connectivity index (χ2v) is 4.10. The Morgan fingerprint density at radius 2 is 2.06 bits per heavy atom. The van der Waals surface area contributed by atoms with Gasteiger partial charge in [0.15, 0.2) is 0 Å². The normalized spacial score (nSPS) is 12.4. The van der Waals surface area contributed by atoms with Crippen molar-refractivity contribution in [2.24, 2.45) is 5.73 Å². The number of hydrogen-bond acceptors (Lipinski definition) is 2. The Labute approximate surface area is 96.1 Å². The third kappa shape index (κ3) is 2.12. The molecule has 1 heterocycles. The van der Waals surface area contributed by atoms with Crippen LogP contribution in [-0.4, -0.2) is 4.98 Å². The molecule has 0 spiro atoms. The van der Waals surface area contributed by atoms with Crippen LogP contribution in [0.2, 0.25) is 0 Å². The molecule has 82 valence electrons. The third-order valence-corrected chi connectivity index (χ3v) is 2.74. The van der Waals surface area contributed by atoms with Gasteiger partial charge in [0.2, 0.25) is 0 Å². The van der Waals surface area contributed by atoms with Crippen LogP contribution in [0.4, 0.5) is 0 Å². The fourth-order valence-corrected chi connectivity index (χ4v) is 1.79. The quantitative estimate of drug-likeness (QED) is 0.830. The van der Waals surface area contributed by atoms with Crippen LogP contribution in [0, 0.1) is 6.92 Å². The molecule has 0 saturated heterocycles. The minimum Gasteiger partial charge on any atom is -0.324 e. The fraction of sp³-hybridized carbons (Fsp3) is 0.214. The topological polar surface area (TPSA) is 38.9 Å². The van der Waals surface area contributed by atoms with E-state index in [1.54, 1.807) is 0 Å². The van der Waals surface area contributed by atoms with Gasteiger partial charge >= 0.3 is 0 Å². The summed E-state index contributed by atoms with van der Waals surface area (Å²) in [6.07, 6.45) is 3.70. The molecule has 2 heteroatoms. The number of aromatic nitrogens is 1. The first-order chi connectivity index (χ1) is 7.68. The summed E-state index contributed by atoms with van der Waals surface area (Å²) < 4.78 is 0. The van der Waals surface area contributed by atoms with Crippen molar-refractivity contribution in [3.05, 3.63) is 53.9 Å². The molecule has 0 bridgehead atoms. The van der Waals surface area contributed by atoms with E-state index in [1.807, 2.05) is 31.5 Å². The number of rotatable bonds is 2. The van der Waals surface area contributed by atoms with Gasteiger partial charge in [-0.3, -0.25) is 4.98 Å². The van der Waals surface area contributed by atoms with Crippen LogP contribution >= 0.6 is 0 Å². The first-order valence-electron chi connectivity index (χ1n) is 5.45. The zero-order chi connectivity index (χ0) is 11.5. The molecule has 0 aliphatic carbocycles. The van der Waals surface area contributed by atoms with Crippen LogP contribution in [0.1, 0.15) is 24.1 Å². The van der Waals surface area contributed by atoms with E-state index in [0.29, 0.717) is 0 Å². The number of nitrogens with zero attached hydrogens (tertiary/aromatic N) is 1. The SMILES string of the molecule is Cc1cnccc1-c1cccc(C(C)N)c1. The van der Waals surface area contributed by atoms with Crippen molar-refractivity contribution in [2.45, 2.75) is 19.9 Å². The predicted molar refractivity (Wildman–Crippen MR) is 67.0 cm³/mol. The highest BCUT2D eigenvalue weighted by atomic mass is 14.6. The third-order valence-electron chi connectivity index (χ3n) is 2.74. The standard InChI is InChI=1S/C14H16N2/c1-10-9-16-7-6-14(10)13-5-3-4-12(8-13)11(2)15/h3-9,11H,15H2,1-2H3. The molecule has 0 fully saturated rings. The molecule has 0 radical (unpaired) electrons. The zero-order valence-corrected chi connectivity index (χ0v) is 9.64. The largest absolute Gasteiger partial charge is 0.324 e. The van der Waals surface area contributed by atoms with E-state index in [-0.39, 0.29) is 6.04 Å². The lowest BCUT2D eigenvalue weighted by atomic mass is 9.99. The fourth-order valence-electron chi connectivity index (χ4n) is 1.79. The van der Waals surface area contributed by atoms with E-state index in [9.17, 15) is 0 Å². The number of aryl methyl sites for hydroxylation is 1. The summed E-state index contributed by atoms with van der Waals surface area (Å²) in [7, 11) is 0. The summed E-state index contributed by atoms with van der Waals surface area (Å²) in [4.78, 5) is 4.10. The minimum atomic E-state index is 0.0714. The molecule has 16 heavy (non-hydrogen) atoms. The van der Waals surface area contributed by atoms with Crippen molar-refractivity contribution in [2.75, 3.05) is 0 Å². The number of hydrogen-bond donors (Lipinski definition) is 1. The van der Waals surface area contributed by atoms with E-state index in [2.05, 4.69) is 30.1 Å². The van der Waals surface area contributed by atoms with Crippen LogP contribution in [-0.2, 0) is 0 Å². The van der Waals surface area contributed by atoms with Crippen molar-refractivity contribution in [1.82, 2.24) is 4.98 Å². The van der Waals surface area contributed by atoms with E-state index < -0.39 is 0 Å². The lowest BCUT2D eigenvalue weighted by Crippen LogP contribution is -2.04. The molecule has 2 aromatic rings. The van der Waals surface area contributed by atoms with Gasteiger partial charge in [0.25, 0.3) is 0 Å². The van der Waals surface area contributed by atoms with Crippen molar-refractivity contribution < 1.29 is 0 Å². The maximum absolute atomic E-state index is 5.89. The van der Waals surface area contributed by atoms with Gasteiger partial charge in [0.1, 0.15) is 0 Å². The van der Waals surface area contributed by atoms with Gasteiger partial charge in [-0.25, -0.2) is 0 Å². The minimum absolute atomic E-state index is 0.0714. The Bertz CT molecular complexity index is 490.